The van der Waals surface area contributed by atoms with Gasteiger partial charge in [-0.2, -0.15) is 0 Å². The Morgan fingerprint density at radius 1 is 1.48 bits per heavy atom. The van der Waals surface area contributed by atoms with E-state index in [1.807, 2.05) is 6.92 Å². The summed E-state index contributed by atoms with van der Waals surface area (Å²) in [6.45, 7) is 4.78. The van der Waals surface area contributed by atoms with E-state index in [1.54, 1.807) is 0 Å². The first-order chi connectivity index (χ1) is 9.99. The van der Waals surface area contributed by atoms with Crippen molar-refractivity contribution in [2.75, 3.05) is 32.9 Å². The number of esters is 1. The van der Waals surface area contributed by atoms with Crippen LogP contribution in [0, 0.1) is 11.6 Å². The Morgan fingerprint density at radius 2 is 2.19 bits per heavy atom. The van der Waals surface area contributed by atoms with E-state index in [4.69, 9.17) is 21.1 Å². The van der Waals surface area contributed by atoms with Crippen LogP contribution in [-0.4, -0.2) is 49.8 Å². The summed E-state index contributed by atoms with van der Waals surface area (Å²) in [4.78, 5) is 13.9. The van der Waals surface area contributed by atoms with Crippen molar-refractivity contribution in [1.82, 2.24) is 4.90 Å². The van der Waals surface area contributed by atoms with Crippen molar-refractivity contribution in [3.05, 3.63) is 34.4 Å². The van der Waals surface area contributed by atoms with E-state index in [2.05, 4.69) is 4.90 Å². The number of rotatable bonds is 4. The minimum absolute atomic E-state index is 0.151. The molecule has 1 aromatic rings. The van der Waals surface area contributed by atoms with Crippen LogP contribution in [0.1, 0.15) is 17.3 Å². The third-order valence-electron chi connectivity index (χ3n) is 3.35. The van der Waals surface area contributed by atoms with Crippen molar-refractivity contribution in [2.24, 2.45) is 0 Å². The summed E-state index contributed by atoms with van der Waals surface area (Å²) in [5.74, 6) is -2.99. The van der Waals surface area contributed by atoms with E-state index >= 15 is 0 Å². The monoisotopic (exact) mass is 319 g/mol. The second kappa shape index (κ2) is 7.15. The Morgan fingerprint density at radius 3 is 2.90 bits per heavy atom. The zero-order valence-corrected chi connectivity index (χ0v) is 12.3. The van der Waals surface area contributed by atoms with Crippen molar-refractivity contribution in [3.63, 3.8) is 0 Å². The van der Waals surface area contributed by atoms with Gasteiger partial charge in [0.25, 0.3) is 0 Å². The van der Waals surface area contributed by atoms with Gasteiger partial charge in [0.15, 0.2) is 11.6 Å². The Hall–Kier alpha value is -1.24. The quantitative estimate of drug-likeness (QED) is 0.631. The normalized spacial score (nSPS) is 19.5. The molecule has 116 valence electrons. The van der Waals surface area contributed by atoms with Crippen molar-refractivity contribution < 1.29 is 23.0 Å². The van der Waals surface area contributed by atoms with Crippen LogP contribution in [-0.2, 0) is 9.47 Å². The van der Waals surface area contributed by atoms with Crippen LogP contribution in [0.25, 0.3) is 0 Å². The van der Waals surface area contributed by atoms with Gasteiger partial charge in [-0.1, -0.05) is 11.6 Å². The molecular formula is C14H16ClF2NO3. The fourth-order valence-electron chi connectivity index (χ4n) is 2.11. The lowest BCUT2D eigenvalue weighted by molar-refractivity contribution is -0.0111. The van der Waals surface area contributed by atoms with Gasteiger partial charge in [0.1, 0.15) is 6.61 Å². The number of benzene rings is 1. The molecule has 1 saturated heterocycles. The van der Waals surface area contributed by atoms with Crippen LogP contribution in [0.3, 0.4) is 0 Å². The Labute approximate surface area is 126 Å². The van der Waals surface area contributed by atoms with Crippen LogP contribution in [0.5, 0.6) is 0 Å². The largest absolute Gasteiger partial charge is 0.461 e. The first-order valence-corrected chi connectivity index (χ1v) is 7.00. The topological polar surface area (TPSA) is 38.8 Å². The van der Waals surface area contributed by atoms with Crippen molar-refractivity contribution in [2.45, 2.75) is 13.0 Å². The Balaban J connectivity index is 1.88. The third kappa shape index (κ3) is 4.12. The molecule has 0 unspecified atom stereocenters. The highest BCUT2D eigenvalue weighted by molar-refractivity contribution is 6.33. The van der Waals surface area contributed by atoms with Gasteiger partial charge >= 0.3 is 5.97 Å². The third-order valence-corrected chi connectivity index (χ3v) is 3.66. The molecule has 0 saturated carbocycles. The Bertz CT molecular complexity index is 527. The number of hydrogen-bond donors (Lipinski definition) is 0. The lowest BCUT2D eigenvalue weighted by Gasteiger charge is -2.32. The first kappa shape index (κ1) is 16.1. The van der Waals surface area contributed by atoms with Gasteiger partial charge in [0, 0.05) is 19.1 Å². The number of morpholine rings is 1. The highest BCUT2D eigenvalue weighted by atomic mass is 35.5. The molecule has 21 heavy (non-hydrogen) atoms. The standard InChI is InChI=1S/C14H16ClF2NO3/c1-9-8-20-4-2-18(9)3-5-21-14(19)10-6-12(16)13(17)7-11(10)15/h6-7,9H,2-5,8H2,1H3/t9-/m0/s1. The summed E-state index contributed by atoms with van der Waals surface area (Å²) in [6.07, 6.45) is 0. The predicted octanol–water partition coefficient (Wildman–Crippen LogP) is 2.50. The molecular weight excluding hydrogens is 304 g/mol. The average molecular weight is 320 g/mol. The lowest BCUT2D eigenvalue weighted by Crippen LogP contribution is -2.45. The van der Waals surface area contributed by atoms with Gasteiger partial charge < -0.3 is 9.47 Å². The molecule has 0 aromatic heterocycles. The van der Waals surface area contributed by atoms with E-state index < -0.39 is 17.6 Å². The van der Waals surface area contributed by atoms with E-state index in [0.717, 1.165) is 18.7 Å². The minimum Gasteiger partial charge on any atom is -0.461 e. The zero-order valence-electron chi connectivity index (χ0n) is 11.6. The first-order valence-electron chi connectivity index (χ1n) is 6.62. The summed E-state index contributed by atoms with van der Waals surface area (Å²) in [5, 5.41) is -0.168. The van der Waals surface area contributed by atoms with Gasteiger partial charge in [-0.25, -0.2) is 13.6 Å². The van der Waals surface area contributed by atoms with Crippen molar-refractivity contribution >= 4 is 17.6 Å². The maximum absolute atomic E-state index is 13.1. The summed E-state index contributed by atoms with van der Waals surface area (Å²) >= 11 is 5.71. The van der Waals surface area contributed by atoms with Gasteiger partial charge in [-0.05, 0) is 19.1 Å². The number of nitrogens with zero attached hydrogens (tertiary/aromatic N) is 1. The Kier molecular flexibility index (Phi) is 5.50. The maximum Gasteiger partial charge on any atom is 0.339 e. The number of carbonyl (C=O) groups excluding carboxylic acids is 1. The lowest BCUT2D eigenvalue weighted by atomic mass is 10.2. The molecule has 1 aliphatic rings. The SMILES string of the molecule is C[C@H]1COCCN1CCOC(=O)c1cc(F)c(F)cc1Cl. The molecule has 2 rings (SSSR count). The number of ether oxygens (including phenoxy) is 2. The second-order valence-corrected chi connectivity index (χ2v) is 5.25. The van der Waals surface area contributed by atoms with E-state index in [0.29, 0.717) is 19.8 Å². The van der Waals surface area contributed by atoms with Crippen LogP contribution < -0.4 is 0 Å². The number of halogens is 3. The van der Waals surface area contributed by atoms with E-state index in [-0.39, 0.29) is 23.2 Å². The van der Waals surface area contributed by atoms with E-state index in [1.165, 1.54) is 0 Å². The molecule has 0 spiro atoms. The number of hydrogen-bond acceptors (Lipinski definition) is 4. The number of carbonyl (C=O) groups is 1. The van der Waals surface area contributed by atoms with Gasteiger partial charge in [0.05, 0.1) is 23.8 Å². The van der Waals surface area contributed by atoms with Gasteiger partial charge in [-0.3, -0.25) is 4.90 Å². The van der Waals surface area contributed by atoms with Gasteiger partial charge in [0.2, 0.25) is 0 Å². The highest BCUT2D eigenvalue weighted by Crippen LogP contribution is 2.20. The fourth-order valence-corrected chi connectivity index (χ4v) is 2.33. The molecule has 1 aromatic carbocycles. The second-order valence-electron chi connectivity index (χ2n) is 4.84. The molecule has 1 aliphatic heterocycles. The molecule has 0 radical (unpaired) electrons. The maximum atomic E-state index is 13.1. The summed E-state index contributed by atoms with van der Waals surface area (Å²) in [7, 11) is 0. The molecule has 1 heterocycles. The minimum atomic E-state index is -1.13. The molecule has 4 nitrogen and oxygen atoms in total. The van der Waals surface area contributed by atoms with Crippen LogP contribution in [0.4, 0.5) is 8.78 Å². The van der Waals surface area contributed by atoms with E-state index in [9.17, 15) is 13.6 Å². The summed E-state index contributed by atoms with van der Waals surface area (Å²) in [5.41, 5.74) is -0.175. The van der Waals surface area contributed by atoms with Crippen LogP contribution in [0.2, 0.25) is 5.02 Å². The van der Waals surface area contributed by atoms with Crippen LogP contribution >= 0.6 is 11.6 Å². The van der Waals surface area contributed by atoms with Crippen molar-refractivity contribution in [1.29, 1.82) is 0 Å². The molecule has 0 N–H and O–H groups in total. The fraction of sp³-hybridized carbons (Fsp3) is 0.500. The average Bonchev–Trinajstić information content (AvgIpc) is 2.44. The molecule has 0 amide bonds. The molecule has 0 aliphatic carbocycles. The predicted molar refractivity (Wildman–Crippen MR) is 73.5 cm³/mol. The molecule has 7 heteroatoms. The zero-order chi connectivity index (χ0) is 15.4. The highest BCUT2D eigenvalue weighted by Gasteiger charge is 2.20. The van der Waals surface area contributed by atoms with Crippen molar-refractivity contribution in [3.8, 4) is 0 Å². The smallest absolute Gasteiger partial charge is 0.339 e. The molecule has 1 fully saturated rings. The van der Waals surface area contributed by atoms with Gasteiger partial charge in [-0.15, -0.1) is 0 Å². The summed E-state index contributed by atoms with van der Waals surface area (Å²) < 4.78 is 36.4. The molecule has 0 bridgehead atoms. The molecule has 1 atom stereocenters. The summed E-state index contributed by atoms with van der Waals surface area (Å²) in [6, 6.07) is 1.76. The van der Waals surface area contributed by atoms with Crippen LogP contribution in [0.15, 0.2) is 12.1 Å².